The predicted molar refractivity (Wildman–Crippen MR) is 85.0 cm³/mol. The zero-order valence-electron chi connectivity index (χ0n) is 11.8. The number of rotatable bonds is 5. The maximum absolute atomic E-state index is 5.76. The Labute approximate surface area is 136 Å². The third-order valence-electron chi connectivity index (χ3n) is 3.04. The summed E-state index contributed by atoms with van der Waals surface area (Å²) < 4.78 is 18.7. The van der Waals surface area contributed by atoms with Gasteiger partial charge in [0.25, 0.3) is 0 Å². The summed E-state index contributed by atoms with van der Waals surface area (Å²) >= 11 is 7.00. The van der Waals surface area contributed by atoms with E-state index in [1.54, 1.807) is 7.11 Å². The summed E-state index contributed by atoms with van der Waals surface area (Å²) in [7, 11) is 1.67. The molecule has 1 unspecified atom stereocenters. The number of nitrogens with one attached hydrogen (secondary N) is 1. The minimum atomic E-state index is -0.469. The molecule has 1 N–H and O–H groups in total. The summed E-state index contributed by atoms with van der Waals surface area (Å²) in [5.41, 5.74) is 1.09. The molecule has 0 aromatic heterocycles. The number of hydrogen-bond acceptors (Lipinski definition) is 4. The lowest BCUT2D eigenvalue weighted by molar-refractivity contribution is -0.137. The second-order valence-corrected chi connectivity index (χ2v) is 6.93. The van der Waals surface area contributed by atoms with E-state index in [1.807, 2.05) is 26.0 Å². The Morgan fingerprint density at radius 3 is 2.75 bits per heavy atom. The molecule has 0 bridgehead atoms. The molecule has 0 aliphatic carbocycles. The fourth-order valence-corrected chi connectivity index (χ4v) is 3.68. The summed E-state index contributed by atoms with van der Waals surface area (Å²) in [4.78, 5) is 0. The molecule has 1 saturated heterocycles. The second-order valence-electron chi connectivity index (χ2n) is 5.16. The van der Waals surface area contributed by atoms with E-state index in [0.717, 1.165) is 26.8 Å². The molecule has 112 valence electrons. The Hall–Kier alpha value is -0.140. The van der Waals surface area contributed by atoms with Crippen molar-refractivity contribution < 1.29 is 14.2 Å². The number of halogens is 2. The van der Waals surface area contributed by atoms with Gasteiger partial charge in [0.05, 0.1) is 24.3 Å². The van der Waals surface area contributed by atoms with Crippen molar-refractivity contribution in [3.05, 3.63) is 26.6 Å². The molecule has 2 rings (SSSR count). The van der Waals surface area contributed by atoms with Crippen molar-refractivity contribution in [1.82, 2.24) is 5.32 Å². The number of ether oxygens (including phenoxy) is 3. The highest BCUT2D eigenvalue weighted by Crippen LogP contribution is 2.32. The van der Waals surface area contributed by atoms with Crippen molar-refractivity contribution in [1.29, 1.82) is 0 Å². The largest absolute Gasteiger partial charge is 0.495 e. The summed E-state index contributed by atoms with van der Waals surface area (Å²) in [5.74, 6) is 0.382. The lowest BCUT2D eigenvalue weighted by Gasteiger charge is -2.17. The van der Waals surface area contributed by atoms with Crippen LogP contribution in [0.2, 0.25) is 0 Å². The van der Waals surface area contributed by atoms with E-state index in [4.69, 9.17) is 14.2 Å². The highest BCUT2D eigenvalue weighted by molar-refractivity contribution is 9.11. The van der Waals surface area contributed by atoms with Crippen molar-refractivity contribution in [2.24, 2.45) is 0 Å². The van der Waals surface area contributed by atoms with Gasteiger partial charge in [-0.2, -0.15) is 0 Å². The van der Waals surface area contributed by atoms with E-state index in [0.29, 0.717) is 13.2 Å². The molecule has 1 fully saturated rings. The summed E-state index contributed by atoms with van der Waals surface area (Å²) in [6, 6.07) is 4.02. The Morgan fingerprint density at radius 1 is 1.40 bits per heavy atom. The Balaban J connectivity index is 1.91. The van der Waals surface area contributed by atoms with Crippen LogP contribution in [0.1, 0.15) is 19.4 Å². The number of methoxy groups -OCH3 is 1. The fourth-order valence-electron chi connectivity index (χ4n) is 2.21. The lowest BCUT2D eigenvalue weighted by Crippen LogP contribution is -2.30. The molecular weight excluding hydrogens is 390 g/mol. The van der Waals surface area contributed by atoms with Gasteiger partial charge < -0.3 is 19.5 Å². The standard InChI is InChI=1S/C14H19Br2NO3/c1-14(2)19-8-11(20-14)7-17-6-9-4-10(15)5-12(16)13(9)18-3/h4-5,11,17H,6-8H2,1-3H3. The van der Waals surface area contributed by atoms with Crippen molar-refractivity contribution in [2.45, 2.75) is 32.3 Å². The first kappa shape index (κ1) is 16.2. The third-order valence-corrected chi connectivity index (χ3v) is 4.09. The Kier molecular flexibility index (Phi) is 5.48. The maximum Gasteiger partial charge on any atom is 0.163 e. The van der Waals surface area contributed by atoms with E-state index < -0.39 is 5.79 Å². The van der Waals surface area contributed by atoms with Crippen LogP contribution in [0.5, 0.6) is 5.75 Å². The fraction of sp³-hybridized carbons (Fsp3) is 0.571. The van der Waals surface area contributed by atoms with Crippen LogP contribution in [0.3, 0.4) is 0 Å². The zero-order valence-corrected chi connectivity index (χ0v) is 15.0. The van der Waals surface area contributed by atoms with Crippen LogP contribution in [-0.2, 0) is 16.0 Å². The first-order valence-corrected chi connectivity index (χ1v) is 8.04. The zero-order chi connectivity index (χ0) is 14.8. The van der Waals surface area contributed by atoms with Crippen molar-refractivity contribution in [3.63, 3.8) is 0 Å². The summed E-state index contributed by atoms with van der Waals surface area (Å²) in [6.45, 7) is 5.94. The van der Waals surface area contributed by atoms with Crippen LogP contribution in [0.25, 0.3) is 0 Å². The van der Waals surface area contributed by atoms with Crippen LogP contribution in [0, 0.1) is 0 Å². The van der Waals surface area contributed by atoms with Crippen LogP contribution in [-0.4, -0.2) is 32.2 Å². The van der Waals surface area contributed by atoms with Gasteiger partial charge in [-0.05, 0) is 41.9 Å². The van der Waals surface area contributed by atoms with Crippen molar-refractivity contribution in [2.75, 3.05) is 20.3 Å². The molecule has 1 aromatic rings. The molecule has 0 amide bonds. The van der Waals surface area contributed by atoms with Gasteiger partial charge in [0.2, 0.25) is 0 Å². The molecule has 1 aliphatic rings. The van der Waals surface area contributed by atoms with Crippen LogP contribution in [0.4, 0.5) is 0 Å². The van der Waals surface area contributed by atoms with Gasteiger partial charge in [0.1, 0.15) is 5.75 Å². The summed E-state index contributed by atoms with van der Waals surface area (Å²) in [6.07, 6.45) is 0.0894. The normalized spacial score (nSPS) is 21.1. The maximum atomic E-state index is 5.76. The van der Waals surface area contributed by atoms with Crippen LogP contribution >= 0.6 is 31.9 Å². The van der Waals surface area contributed by atoms with Gasteiger partial charge >= 0.3 is 0 Å². The smallest absolute Gasteiger partial charge is 0.163 e. The quantitative estimate of drug-likeness (QED) is 0.809. The van der Waals surface area contributed by atoms with Gasteiger partial charge in [0.15, 0.2) is 5.79 Å². The average Bonchev–Trinajstić information content (AvgIpc) is 2.68. The minimum absolute atomic E-state index is 0.0894. The molecule has 20 heavy (non-hydrogen) atoms. The van der Waals surface area contributed by atoms with Gasteiger partial charge in [-0.25, -0.2) is 0 Å². The number of hydrogen-bond donors (Lipinski definition) is 1. The van der Waals surface area contributed by atoms with E-state index in [2.05, 4.69) is 37.2 Å². The summed E-state index contributed by atoms with van der Waals surface area (Å²) in [5, 5.41) is 3.38. The molecule has 1 heterocycles. The average molecular weight is 409 g/mol. The van der Waals surface area contributed by atoms with E-state index >= 15 is 0 Å². The second kappa shape index (κ2) is 6.75. The minimum Gasteiger partial charge on any atom is -0.495 e. The highest BCUT2D eigenvalue weighted by Gasteiger charge is 2.32. The van der Waals surface area contributed by atoms with Gasteiger partial charge in [0, 0.05) is 23.1 Å². The topological polar surface area (TPSA) is 39.7 Å². The monoisotopic (exact) mass is 407 g/mol. The first-order chi connectivity index (χ1) is 9.41. The van der Waals surface area contributed by atoms with Gasteiger partial charge in [-0.1, -0.05) is 15.9 Å². The van der Waals surface area contributed by atoms with Crippen LogP contribution in [0.15, 0.2) is 21.1 Å². The third kappa shape index (κ3) is 4.18. The lowest BCUT2D eigenvalue weighted by atomic mass is 10.2. The van der Waals surface area contributed by atoms with Crippen molar-refractivity contribution in [3.8, 4) is 5.75 Å². The van der Waals surface area contributed by atoms with Crippen LogP contribution < -0.4 is 10.1 Å². The molecule has 6 heteroatoms. The molecule has 0 spiro atoms. The van der Waals surface area contributed by atoms with E-state index in [9.17, 15) is 0 Å². The molecular formula is C14H19Br2NO3. The van der Waals surface area contributed by atoms with E-state index in [-0.39, 0.29) is 6.10 Å². The van der Waals surface area contributed by atoms with Crippen molar-refractivity contribution >= 4 is 31.9 Å². The predicted octanol–water partition coefficient (Wildman–Crippen LogP) is 3.46. The molecule has 0 saturated carbocycles. The first-order valence-electron chi connectivity index (χ1n) is 6.45. The van der Waals surface area contributed by atoms with E-state index in [1.165, 1.54) is 0 Å². The SMILES string of the molecule is COc1c(Br)cc(Br)cc1CNCC1COC(C)(C)O1. The molecule has 1 aromatic carbocycles. The molecule has 1 atom stereocenters. The molecule has 4 nitrogen and oxygen atoms in total. The Bertz CT molecular complexity index is 480. The number of benzene rings is 1. The van der Waals surface area contributed by atoms with Gasteiger partial charge in [-0.15, -0.1) is 0 Å². The van der Waals surface area contributed by atoms with Gasteiger partial charge in [-0.3, -0.25) is 0 Å². The highest BCUT2D eigenvalue weighted by atomic mass is 79.9. The Morgan fingerprint density at radius 2 is 2.15 bits per heavy atom. The molecule has 1 aliphatic heterocycles. The molecule has 0 radical (unpaired) electrons.